The van der Waals surface area contributed by atoms with Gasteiger partial charge in [0.1, 0.15) is 5.82 Å². The lowest BCUT2D eigenvalue weighted by Crippen LogP contribution is -2.02. The van der Waals surface area contributed by atoms with Gasteiger partial charge in [0.05, 0.1) is 0 Å². The van der Waals surface area contributed by atoms with Crippen LogP contribution in [0.2, 0.25) is 0 Å². The zero-order valence-electron chi connectivity index (χ0n) is 17.0. The molecular weight excluding hydrogens is 355 g/mol. The van der Waals surface area contributed by atoms with Crippen molar-refractivity contribution < 1.29 is 17.3 Å². The number of unbranched alkanes of at least 4 members (excludes halogenated alkanes) is 14. The molecule has 27 heavy (non-hydrogen) atoms. The van der Waals surface area contributed by atoms with Crippen molar-refractivity contribution in [3.8, 4) is 0 Å². The molecule has 0 radical (unpaired) electrons. The number of halogens is 4. The SMILES string of the molecule is CCCCCCCCCCCCCCCCCc1ncc[nH]1.F[B-](F)(F)F. The van der Waals surface area contributed by atoms with Crippen LogP contribution in [-0.2, 0) is 6.42 Å². The molecule has 0 aliphatic carbocycles. The van der Waals surface area contributed by atoms with Crippen molar-refractivity contribution in [3.63, 3.8) is 0 Å². The lowest BCUT2D eigenvalue weighted by Gasteiger charge is -2.03. The highest BCUT2D eigenvalue weighted by atomic mass is 19.5. The van der Waals surface area contributed by atoms with E-state index in [9.17, 15) is 17.3 Å². The molecule has 0 amide bonds. The van der Waals surface area contributed by atoms with Gasteiger partial charge in [-0.1, -0.05) is 96.8 Å². The second-order valence-electron chi connectivity index (χ2n) is 7.23. The highest BCUT2D eigenvalue weighted by Gasteiger charge is 2.20. The number of aryl methyl sites for hydroxylation is 1. The van der Waals surface area contributed by atoms with Crippen LogP contribution in [0.25, 0.3) is 0 Å². The Morgan fingerprint density at radius 2 is 1.07 bits per heavy atom. The molecule has 0 saturated heterocycles. The number of aromatic nitrogens is 2. The van der Waals surface area contributed by atoms with Crippen molar-refractivity contribution in [1.82, 2.24) is 9.97 Å². The third kappa shape index (κ3) is 25.0. The smallest absolute Gasteiger partial charge is 0.418 e. The maximum absolute atomic E-state index is 9.75. The summed E-state index contributed by atoms with van der Waals surface area (Å²) in [7, 11) is -6.00. The lowest BCUT2D eigenvalue weighted by atomic mass is 10.0. The topological polar surface area (TPSA) is 28.7 Å². The molecule has 1 rings (SSSR count). The molecule has 1 aromatic heterocycles. The van der Waals surface area contributed by atoms with Gasteiger partial charge in [0, 0.05) is 18.8 Å². The van der Waals surface area contributed by atoms with Gasteiger partial charge in [-0.2, -0.15) is 0 Å². The maximum atomic E-state index is 9.75. The van der Waals surface area contributed by atoms with Gasteiger partial charge >= 0.3 is 7.25 Å². The van der Waals surface area contributed by atoms with Gasteiger partial charge in [-0.05, 0) is 6.42 Å². The fraction of sp³-hybridized carbons (Fsp3) is 0.850. The van der Waals surface area contributed by atoms with Crippen LogP contribution in [0, 0.1) is 0 Å². The fourth-order valence-corrected chi connectivity index (χ4v) is 3.10. The standard InChI is InChI=1S/C20H38N2.BF4/c1-2-3-4-5-6-7-8-9-10-11-12-13-14-15-16-17-20-21-18-19-22-20;2-1(3,4)5/h18-19H,2-17H2,1H3,(H,21,22);/q;-1. The first-order valence-corrected chi connectivity index (χ1v) is 10.8. The Balaban J connectivity index is 0.00000119. The largest absolute Gasteiger partial charge is 0.673 e. The Labute approximate surface area is 163 Å². The minimum atomic E-state index is -6.00. The fourth-order valence-electron chi connectivity index (χ4n) is 3.10. The molecule has 0 spiro atoms. The van der Waals surface area contributed by atoms with E-state index in [-0.39, 0.29) is 0 Å². The second-order valence-corrected chi connectivity index (χ2v) is 7.23. The molecule has 0 aliphatic rings. The van der Waals surface area contributed by atoms with E-state index in [0.717, 1.165) is 12.2 Å². The monoisotopic (exact) mass is 393 g/mol. The van der Waals surface area contributed by atoms with Crippen molar-refractivity contribution in [1.29, 1.82) is 0 Å². The summed E-state index contributed by atoms with van der Waals surface area (Å²) in [5.41, 5.74) is 0. The van der Waals surface area contributed by atoms with Gasteiger partial charge in [0.25, 0.3) is 0 Å². The molecule has 1 aromatic rings. The molecule has 160 valence electrons. The number of hydrogen-bond donors (Lipinski definition) is 1. The zero-order valence-corrected chi connectivity index (χ0v) is 17.0. The molecule has 0 unspecified atom stereocenters. The minimum absolute atomic E-state index is 1.12. The van der Waals surface area contributed by atoms with Gasteiger partial charge < -0.3 is 22.2 Å². The molecule has 0 aromatic carbocycles. The Kier molecular flexibility index (Phi) is 17.7. The van der Waals surface area contributed by atoms with Gasteiger partial charge in [-0.3, -0.25) is 0 Å². The van der Waals surface area contributed by atoms with Crippen molar-refractivity contribution in [2.75, 3.05) is 0 Å². The predicted octanol–water partition coefficient (Wildman–Crippen LogP) is 8.12. The van der Waals surface area contributed by atoms with E-state index >= 15 is 0 Å². The third-order valence-electron chi connectivity index (χ3n) is 4.57. The van der Waals surface area contributed by atoms with Gasteiger partial charge in [-0.25, -0.2) is 4.98 Å². The first-order chi connectivity index (χ1) is 12.9. The summed E-state index contributed by atoms with van der Waals surface area (Å²) in [4.78, 5) is 7.44. The highest BCUT2D eigenvalue weighted by Crippen LogP contribution is 2.13. The van der Waals surface area contributed by atoms with E-state index < -0.39 is 7.25 Å². The van der Waals surface area contributed by atoms with Crippen LogP contribution in [0.5, 0.6) is 0 Å². The Morgan fingerprint density at radius 1 is 0.704 bits per heavy atom. The van der Waals surface area contributed by atoms with Crippen molar-refractivity contribution >= 4 is 7.25 Å². The average Bonchev–Trinajstić information content (AvgIpc) is 3.10. The van der Waals surface area contributed by atoms with Crippen LogP contribution < -0.4 is 0 Å². The Bertz CT molecular complexity index is 391. The normalized spacial score (nSPS) is 11.3. The zero-order chi connectivity index (χ0) is 20.2. The number of nitrogens with zero attached hydrogens (tertiary/aromatic N) is 1. The van der Waals surface area contributed by atoms with E-state index in [1.54, 1.807) is 0 Å². The van der Waals surface area contributed by atoms with Crippen molar-refractivity contribution in [3.05, 3.63) is 18.2 Å². The summed E-state index contributed by atoms with van der Waals surface area (Å²) in [6.07, 6.45) is 26.3. The van der Waals surface area contributed by atoms with E-state index in [1.807, 2.05) is 12.4 Å². The van der Waals surface area contributed by atoms with E-state index in [0.29, 0.717) is 0 Å². The lowest BCUT2D eigenvalue weighted by molar-refractivity contribution is 0.368. The highest BCUT2D eigenvalue weighted by molar-refractivity contribution is 6.50. The number of rotatable bonds is 16. The minimum Gasteiger partial charge on any atom is -0.418 e. The van der Waals surface area contributed by atoms with Crippen molar-refractivity contribution in [2.24, 2.45) is 0 Å². The molecular formula is C20H38BF4N2-. The molecule has 2 nitrogen and oxygen atoms in total. The maximum Gasteiger partial charge on any atom is 0.673 e. The second kappa shape index (κ2) is 18.4. The molecule has 0 fully saturated rings. The molecule has 1 N–H and O–H groups in total. The molecule has 7 heteroatoms. The number of imidazole rings is 1. The van der Waals surface area contributed by atoms with Gasteiger partial charge in [-0.15, -0.1) is 0 Å². The summed E-state index contributed by atoms with van der Waals surface area (Å²) in [5, 5.41) is 0. The summed E-state index contributed by atoms with van der Waals surface area (Å²) in [5.74, 6) is 1.15. The average molecular weight is 393 g/mol. The van der Waals surface area contributed by atoms with Crippen LogP contribution in [0.15, 0.2) is 12.4 Å². The van der Waals surface area contributed by atoms with Crippen molar-refractivity contribution in [2.45, 2.75) is 110 Å². The predicted molar refractivity (Wildman–Crippen MR) is 107 cm³/mol. The van der Waals surface area contributed by atoms with Crippen LogP contribution in [-0.4, -0.2) is 17.2 Å². The molecule has 0 aliphatic heterocycles. The number of nitrogens with one attached hydrogen (secondary N) is 1. The molecule has 0 atom stereocenters. The molecule has 0 bridgehead atoms. The van der Waals surface area contributed by atoms with E-state index in [2.05, 4.69) is 16.9 Å². The first kappa shape index (κ1) is 26.0. The van der Waals surface area contributed by atoms with Crippen LogP contribution in [0.3, 0.4) is 0 Å². The number of hydrogen-bond acceptors (Lipinski definition) is 1. The van der Waals surface area contributed by atoms with E-state index in [1.165, 1.54) is 96.3 Å². The van der Waals surface area contributed by atoms with Crippen LogP contribution in [0.1, 0.15) is 109 Å². The summed E-state index contributed by atoms with van der Waals surface area (Å²) < 4.78 is 39.0. The quantitative estimate of drug-likeness (QED) is 0.171. The van der Waals surface area contributed by atoms with Gasteiger partial charge in [0.15, 0.2) is 0 Å². The first-order valence-electron chi connectivity index (χ1n) is 10.8. The van der Waals surface area contributed by atoms with Crippen LogP contribution in [0.4, 0.5) is 17.3 Å². The summed E-state index contributed by atoms with van der Waals surface area (Å²) in [6.45, 7) is 2.29. The van der Waals surface area contributed by atoms with Gasteiger partial charge in [0.2, 0.25) is 0 Å². The number of H-pyrrole nitrogens is 1. The Hall–Kier alpha value is -1.01. The van der Waals surface area contributed by atoms with Crippen LogP contribution >= 0.6 is 0 Å². The third-order valence-corrected chi connectivity index (χ3v) is 4.57. The molecule has 1 heterocycles. The summed E-state index contributed by atoms with van der Waals surface area (Å²) in [6, 6.07) is 0. The van der Waals surface area contributed by atoms with E-state index in [4.69, 9.17) is 0 Å². The number of aromatic amines is 1. The molecule has 0 saturated carbocycles. The summed E-state index contributed by atoms with van der Waals surface area (Å²) >= 11 is 0. The Morgan fingerprint density at radius 3 is 1.41 bits per heavy atom.